The van der Waals surface area contributed by atoms with Crippen LogP contribution in [0.3, 0.4) is 0 Å². The largest absolute Gasteiger partial charge is 0.699 e. The lowest BCUT2D eigenvalue weighted by molar-refractivity contribution is -0.970. The van der Waals surface area contributed by atoms with Gasteiger partial charge in [0.1, 0.15) is 0 Å². The van der Waals surface area contributed by atoms with Crippen LogP contribution in [0.4, 0.5) is 0 Å². The molecule has 0 heterocycles. The van der Waals surface area contributed by atoms with Gasteiger partial charge in [-0.25, -0.2) is 0 Å². The van der Waals surface area contributed by atoms with Crippen molar-refractivity contribution in [3.8, 4) is 47.4 Å². The molecule has 0 rings (SSSR count). The molecule has 0 atom stereocenters. The normalized spacial score (nSPS) is 9.20. The van der Waals surface area contributed by atoms with Gasteiger partial charge in [0.2, 0.25) is 0 Å². The van der Waals surface area contributed by atoms with Gasteiger partial charge in [-0.3, -0.25) is 35.1 Å². The molecule has 157 valence electrons. The van der Waals surface area contributed by atoms with E-state index in [0.717, 1.165) is 0 Å². The van der Waals surface area contributed by atoms with Crippen molar-refractivity contribution in [1.29, 1.82) is 0 Å². The Labute approximate surface area is 174 Å². The second-order valence-electron chi connectivity index (χ2n) is 5.70. The van der Waals surface area contributed by atoms with Gasteiger partial charge in [-0.1, -0.05) is 35.5 Å². The lowest BCUT2D eigenvalue weighted by atomic mass is 10.1. The minimum atomic E-state index is -3.40. The van der Waals surface area contributed by atoms with Crippen molar-refractivity contribution >= 4 is 6.29 Å². The summed E-state index contributed by atoms with van der Waals surface area (Å²) in [7, 11) is 0. The summed E-state index contributed by atoms with van der Waals surface area (Å²) in [5, 5.41) is 32.3. The molecule has 0 fully saturated rings. The zero-order valence-corrected chi connectivity index (χ0v) is 16.3. The van der Waals surface area contributed by atoms with E-state index in [2.05, 4.69) is 47.4 Å². The predicted molar refractivity (Wildman–Crippen MR) is 107 cm³/mol. The van der Waals surface area contributed by atoms with E-state index in [-0.39, 0.29) is 12.8 Å². The topological polar surface area (TPSA) is 146 Å². The molecule has 0 bridgehead atoms. The van der Waals surface area contributed by atoms with Crippen molar-refractivity contribution in [1.82, 2.24) is 0 Å². The van der Waals surface area contributed by atoms with E-state index in [9.17, 15) is 35.1 Å². The van der Waals surface area contributed by atoms with Crippen molar-refractivity contribution in [3.05, 3.63) is 30.3 Å². The van der Waals surface area contributed by atoms with Crippen LogP contribution in [0, 0.1) is 77.7 Å². The highest BCUT2D eigenvalue weighted by molar-refractivity contribution is 5.50. The molecule has 0 aromatic heterocycles. The molecule has 0 unspecified atom stereocenters. The summed E-state index contributed by atoms with van der Waals surface area (Å²) in [6.07, 6.45) is 4.36. The van der Waals surface area contributed by atoms with E-state index in [0.29, 0.717) is 44.9 Å². The third kappa shape index (κ3) is 10.4. The summed E-state index contributed by atoms with van der Waals surface area (Å²) in [5.41, 5.74) is 0. The highest BCUT2D eigenvalue weighted by Gasteiger charge is 2.69. The first-order valence-corrected chi connectivity index (χ1v) is 9.01. The molecule has 0 aliphatic heterocycles. The van der Waals surface area contributed by atoms with E-state index < -0.39 is 27.0 Å². The van der Waals surface area contributed by atoms with Crippen LogP contribution in [0.15, 0.2) is 0 Å². The van der Waals surface area contributed by atoms with Gasteiger partial charge in [0.25, 0.3) is 0 Å². The summed E-state index contributed by atoms with van der Waals surface area (Å²) in [6.45, 7) is 0. The smallest absolute Gasteiger partial charge is 0.291 e. The van der Waals surface area contributed by atoms with Gasteiger partial charge in [0.05, 0.1) is 19.3 Å². The van der Waals surface area contributed by atoms with Crippen LogP contribution >= 0.6 is 0 Å². The standard InChI is InChI=1S/C20H20N3O7/c24-19-17-15-13-11-9-7-5-3-1-2-4-6-8-10-12-14-16-18-20(21(25)26,22(27)28)23(29)30/h1,6-7,12-18H2. The first-order valence-electron chi connectivity index (χ1n) is 9.01. The molecule has 0 saturated heterocycles. The molecule has 10 heteroatoms. The third-order valence-corrected chi connectivity index (χ3v) is 3.55. The Bertz CT molecular complexity index is 831. The highest BCUT2D eigenvalue weighted by Crippen LogP contribution is 2.20. The van der Waals surface area contributed by atoms with E-state index >= 15 is 0 Å². The number of nitrogens with zero attached hydrogens (tertiary/aromatic N) is 3. The SMILES string of the molecule is O=[C]CCCC#CCC#CCC#CCC#CCCCCC([N+](=O)[O-])([N+](=O)[O-])[N+](=O)[O-]. The number of hydrogen-bond acceptors (Lipinski definition) is 7. The fourth-order valence-corrected chi connectivity index (χ4v) is 1.98. The zero-order valence-electron chi connectivity index (χ0n) is 16.3. The summed E-state index contributed by atoms with van der Waals surface area (Å²) >= 11 is 0. The molecule has 0 spiro atoms. The Morgan fingerprint density at radius 3 is 1.37 bits per heavy atom. The molecule has 1 radical (unpaired) electrons. The Morgan fingerprint density at radius 1 is 0.567 bits per heavy atom. The van der Waals surface area contributed by atoms with E-state index in [4.69, 9.17) is 0 Å². The first-order chi connectivity index (χ1) is 14.4. The molecular formula is C20H20N3O7. The first kappa shape index (κ1) is 26.1. The van der Waals surface area contributed by atoms with E-state index in [1.807, 2.05) is 0 Å². The molecule has 0 aromatic rings. The molecule has 0 aliphatic rings. The second-order valence-corrected chi connectivity index (χ2v) is 5.70. The van der Waals surface area contributed by atoms with Gasteiger partial charge in [0, 0.05) is 19.3 Å². The van der Waals surface area contributed by atoms with Crippen LogP contribution in [0.1, 0.15) is 64.2 Å². The van der Waals surface area contributed by atoms with Crippen LogP contribution in [0.25, 0.3) is 0 Å². The minimum absolute atomic E-state index is 0.0721. The molecule has 0 saturated carbocycles. The van der Waals surface area contributed by atoms with Gasteiger partial charge in [-0.15, -0.1) is 11.8 Å². The lowest BCUT2D eigenvalue weighted by Gasteiger charge is -2.07. The predicted octanol–water partition coefficient (Wildman–Crippen LogP) is 2.49. The van der Waals surface area contributed by atoms with Crippen molar-refractivity contribution < 1.29 is 19.6 Å². The maximum absolute atomic E-state index is 10.8. The second kappa shape index (κ2) is 16.1. The molecule has 0 N–H and O–H groups in total. The Kier molecular flexibility index (Phi) is 14.0. The summed E-state index contributed by atoms with van der Waals surface area (Å²) < 4.78 is 0. The molecule has 0 aliphatic carbocycles. The van der Waals surface area contributed by atoms with Gasteiger partial charge >= 0.3 is 5.79 Å². The summed E-state index contributed by atoms with van der Waals surface area (Å²) in [5.74, 6) is 19.2. The van der Waals surface area contributed by atoms with E-state index in [1.54, 1.807) is 6.29 Å². The van der Waals surface area contributed by atoms with Gasteiger partial charge < -0.3 is 0 Å². The Morgan fingerprint density at radius 2 is 0.967 bits per heavy atom. The molecule has 30 heavy (non-hydrogen) atoms. The summed E-state index contributed by atoms with van der Waals surface area (Å²) in [6, 6.07) is 0. The van der Waals surface area contributed by atoms with Crippen LogP contribution in [-0.4, -0.2) is 26.8 Å². The van der Waals surface area contributed by atoms with E-state index in [1.165, 1.54) is 0 Å². The van der Waals surface area contributed by atoms with Crippen LogP contribution < -0.4 is 0 Å². The van der Waals surface area contributed by atoms with Crippen LogP contribution in [-0.2, 0) is 4.79 Å². The lowest BCUT2D eigenvalue weighted by Crippen LogP contribution is -2.53. The maximum Gasteiger partial charge on any atom is 0.699 e. The Hall–Kier alpha value is -3.89. The molecule has 0 aromatic carbocycles. The Balaban J connectivity index is 4.09. The number of unbranched alkanes of at least 4 members (excludes halogenated alkanes) is 4. The molecular weight excluding hydrogens is 394 g/mol. The fraction of sp³-hybridized carbons (Fsp3) is 0.550. The highest BCUT2D eigenvalue weighted by atomic mass is 16.7. The van der Waals surface area contributed by atoms with Gasteiger partial charge in [0.15, 0.2) is 27.5 Å². The van der Waals surface area contributed by atoms with Crippen molar-refractivity contribution in [2.24, 2.45) is 0 Å². The average molecular weight is 414 g/mol. The van der Waals surface area contributed by atoms with Crippen LogP contribution in [0.5, 0.6) is 0 Å². The van der Waals surface area contributed by atoms with Crippen molar-refractivity contribution in [2.75, 3.05) is 0 Å². The van der Waals surface area contributed by atoms with Crippen molar-refractivity contribution in [3.63, 3.8) is 0 Å². The number of carbonyl (C=O) groups excluding carboxylic acids is 1. The monoisotopic (exact) mass is 414 g/mol. The average Bonchev–Trinajstić information content (AvgIpc) is 2.69. The fourth-order valence-electron chi connectivity index (χ4n) is 1.98. The molecule has 10 nitrogen and oxygen atoms in total. The number of rotatable bonds is 10. The summed E-state index contributed by atoms with van der Waals surface area (Å²) in [4.78, 5) is 37.9. The number of nitro groups is 3. The third-order valence-electron chi connectivity index (χ3n) is 3.55. The minimum Gasteiger partial charge on any atom is -0.291 e. The van der Waals surface area contributed by atoms with Crippen LogP contribution in [0.2, 0.25) is 0 Å². The molecule has 0 amide bonds. The number of hydrogen-bond donors (Lipinski definition) is 0. The van der Waals surface area contributed by atoms with Gasteiger partial charge in [-0.05, 0) is 19.3 Å². The van der Waals surface area contributed by atoms with Crippen molar-refractivity contribution in [2.45, 2.75) is 70.0 Å². The maximum atomic E-state index is 10.8. The van der Waals surface area contributed by atoms with Gasteiger partial charge in [-0.2, -0.15) is 0 Å². The zero-order chi connectivity index (χ0) is 22.7. The quantitative estimate of drug-likeness (QED) is 0.175.